The Kier molecular flexibility index (Phi) is 3.77. The molecule has 4 rings (SSSR count). The van der Waals surface area contributed by atoms with E-state index in [9.17, 15) is 4.79 Å². The fraction of sp³-hybridized carbons (Fsp3) is 0.471. The monoisotopic (exact) mass is 328 g/mol. The Morgan fingerprint density at radius 2 is 2.13 bits per heavy atom. The summed E-state index contributed by atoms with van der Waals surface area (Å²) in [5.74, 6) is 1.13. The van der Waals surface area contributed by atoms with Crippen LogP contribution in [0.5, 0.6) is 0 Å². The van der Waals surface area contributed by atoms with Crippen molar-refractivity contribution in [3.63, 3.8) is 0 Å². The summed E-state index contributed by atoms with van der Waals surface area (Å²) in [5.41, 5.74) is 2.52. The number of hydrogen-bond donors (Lipinski definition) is 0. The highest BCUT2D eigenvalue weighted by atomic mass is 32.1. The van der Waals surface area contributed by atoms with Crippen LogP contribution in [-0.4, -0.2) is 47.0 Å². The number of nitrogens with zero attached hydrogens (tertiary/aromatic N) is 4. The molecule has 6 heteroatoms. The van der Waals surface area contributed by atoms with Crippen molar-refractivity contribution in [1.82, 2.24) is 14.9 Å². The highest BCUT2D eigenvalue weighted by Gasteiger charge is 2.43. The van der Waals surface area contributed by atoms with Crippen molar-refractivity contribution in [2.45, 2.75) is 19.3 Å². The molecular weight excluding hydrogens is 308 g/mol. The lowest BCUT2D eigenvalue weighted by atomic mass is 9.79. The summed E-state index contributed by atoms with van der Waals surface area (Å²) in [6, 6.07) is 6.07. The van der Waals surface area contributed by atoms with E-state index in [-0.39, 0.29) is 11.3 Å². The van der Waals surface area contributed by atoms with Crippen LogP contribution in [0.4, 0.5) is 5.82 Å². The summed E-state index contributed by atoms with van der Waals surface area (Å²) in [7, 11) is 0. The maximum atomic E-state index is 12.5. The van der Waals surface area contributed by atoms with Crippen molar-refractivity contribution >= 4 is 23.1 Å². The molecule has 0 bridgehead atoms. The molecule has 5 nitrogen and oxygen atoms in total. The number of anilines is 1. The Morgan fingerprint density at radius 1 is 1.17 bits per heavy atom. The van der Waals surface area contributed by atoms with Gasteiger partial charge in [-0.1, -0.05) is 6.07 Å². The zero-order valence-electron chi connectivity index (χ0n) is 13.0. The van der Waals surface area contributed by atoms with Gasteiger partial charge in [-0.2, -0.15) is 0 Å². The lowest BCUT2D eigenvalue weighted by Crippen LogP contribution is -2.45. The maximum absolute atomic E-state index is 12.5. The minimum atomic E-state index is 0.0816. The van der Waals surface area contributed by atoms with Crippen molar-refractivity contribution in [1.29, 1.82) is 0 Å². The number of piperidine rings is 1. The standard InChI is InChI=1S/C17H20N4OS/c22-16(14-10-23-13-19-14)21-9-6-17(12-21)5-3-8-20(11-17)15-4-1-2-7-18-15/h1-2,4,7,10,13H,3,5-6,8-9,11-12H2/t17-/m1/s1. The lowest BCUT2D eigenvalue weighted by molar-refractivity contribution is 0.0762. The molecule has 1 amide bonds. The van der Waals surface area contributed by atoms with Crippen molar-refractivity contribution in [2.75, 3.05) is 31.1 Å². The summed E-state index contributed by atoms with van der Waals surface area (Å²) in [6.45, 7) is 3.72. The van der Waals surface area contributed by atoms with Gasteiger partial charge in [0.15, 0.2) is 0 Å². The zero-order chi connectivity index (χ0) is 15.7. The van der Waals surface area contributed by atoms with Crippen LogP contribution in [-0.2, 0) is 0 Å². The molecule has 0 radical (unpaired) electrons. The summed E-state index contributed by atoms with van der Waals surface area (Å²) in [5, 5.41) is 1.84. The maximum Gasteiger partial charge on any atom is 0.273 e. The molecule has 0 unspecified atom stereocenters. The molecule has 2 saturated heterocycles. The minimum absolute atomic E-state index is 0.0816. The third-order valence-corrected chi connectivity index (χ3v) is 5.60. The SMILES string of the molecule is O=C(c1cscn1)N1CC[C@@]2(CCCN(c3ccccn3)C2)C1. The normalized spacial score (nSPS) is 24.3. The Bertz CT molecular complexity index is 675. The highest BCUT2D eigenvalue weighted by Crippen LogP contribution is 2.40. The van der Waals surface area contributed by atoms with Crippen LogP contribution in [0, 0.1) is 5.41 Å². The van der Waals surface area contributed by atoms with Crippen LogP contribution >= 0.6 is 11.3 Å². The first kappa shape index (κ1) is 14.6. The average Bonchev–Trinajstić information content (AvgIpc) is 3.26. The third kappa shape index (κ3) is 2.83. The van der Waals surface area contributed by atoms with E-state index in [1.54, 1.807) is 5.51 Å². The molecule has 1 spiro atoms. The fourth-order valence-electron chi connectivity index (χ4n) is 3.87. The van der Waals surface area contributed by atoms with Gasteiger partial charge in [-0.3, -0.25) is 4.79 Å². The van der Waals surface area contributed by atoms with Gasteiger partial charge in [-0.15, -0.1) is 11.3 Å². The van der Waals surface area contributed by atoms with Gasteiger partial charge in [0.2, 0.25) is 0 Å². The number of pyridine rings is 1. The van der Waals surface area contributed by atoms with Crippen LogP contribution in [0.3, 0.4) is 0 Å². The number of hydrogen-bond acceptors (Lipinski definition) is 5. The van der Waals surface area contributed by atoms with E-state index in [0.717, 1.165) is 44.8 Å². The van der Waals surface area contributed by atoms with Gasteiger partial charge in [0.1, 0.15) is 11.5 Å². The van der Waals surface area contributed by atoms with Crippen LogP contribution in [0.1, 0.15) is 29.8 Å². The molecule has 0 N–H and O–H groups in total. The van der Waals surface area contributed by atoms with Crippen molar-refractivity contribution in [2.24, 2.45) is 5.41 Å². The molecule has 2 aliphatic rings. The predicted molar refractivity (Wildman–Crippen MR) is 90.8 cm³/mol. The number of likely N-dealkylation sites (tertiary alicyclic amines) is 1. The number of carbonyl (C=O) groups excluding carboxylic acids is 1. The zero-order valence-corrected chi connectivity index (χ0v) is 13.8. The largest absolute Gasteiger partial charge is 0.356 e. The van der Waals surface area contributed by atoms with E-state index in [1.165, 1.54) is 17.8 Å². The first-order valence-electron chi connectivity index (χ1n) is 8.09. The van der Waals surface area contributed by atoms with Gasteiger partial charge in [0.25, 0.3) is 5.91 Å². The van der Waals surface area contributed by atoms with E-state index < -0.39 is 0 Å². The van der Waals surface area contributed by atoms with Crippen LogP contribution in [0.15, 0.2) is 35.3 Å². The van der Waals surface area contributed by atoms with E-state index >= 15 is 0 Å². The van der Waals surface area contributed by atoms with Gasteiger partial charge in [-0.25, -0.2) is 9.97 Å². The van der Waals surface area contributed by atoms with Crippen molar-refractivity contribution in [3.8, 4) is 0 Å². The number of carbonyl (C=O) groups is 1. The van der Waals surface area contributed by atoms with Crippen molar-refractivity contribution < 1.29 is 4.79 Å². The molecule has 0 aliphatic carbocycles. The lowest BCUT2D eigenvalue weighted by Gasteiger charge is -2.41. The second kappa shape index (κ2) is 5.92. The van der Waals surface area contributed by atoms with E-state index in [0.29, 0.717) is 5.69 Å². The van der Waals surface area contributed by atoms with Gasteiger partial charge in [-0.05, 0) is 31.4 Å². The molecular formula is C17H20N4OS. The topological polar surface area (TPSA) is 49.3 Å². The van der Waals surface area contributed by atoms with Gasteiger partial charge < -0.3 is 9.80 Å². The summed E-state index contributed by atoms with van der Waals surface area (Å²) in [6.07, 6.45) is 5.28. The van der Waals surface area contributed by atoms with Gasteiger partial charge in [0.05, 0.1) is 5.51 Å². The summed E-state index contributed by atoms with van der Waals surface area (Å²) >= 11 is 1.48. The third-order valence-electron chi connectivity index (χ3n) is 5.01. The Balaban J connectivity index is 1.48. The van der Waals surface area contributed by atoms with Crippen LogP contribution < -0.4 is 4.90 Å². The van der Waals surface area contributed by atoms with E-state index in [2.05, 4.69) is 20.9 Å². The molecule has 23 heavy (non-hydrogen) atoms. The summed E-state index contributed by atoms with van der Waals surface area (Å²) < 4.78 is 0. The second-order valence-electron chi connectivity index (χ2n) is 6.56. The molecule has 4 heterocycles. The molecule has 120 valence electrons. The number of aromatic nitrogens is 2. The molecule has 0 saturated carbocycles. The fourth-order valence-corrected chi connectivity index (χ4v) is 4.39. The number of rotatable bonds is 2. The minimum Gasteiger partial charge on any atom is -0.356 e. The average molecular weight is 328 g/mol. The van der Waals surface area contributed by atoms with Gasteiger partial charge in [0, 0.05) is 43.2 Å². The molecule has 2 aromatic heterocycles. The molecule has 1 atom stereocenters. The first-order valence-corrected chi connectivity index (χ1v) is 9.04. The molecule has 2 fully saturated rings. The number of amides is 1. The Labute approximate surface area is 140 Å². The molecule has 2 aliphatic heterocycles. The Hall–Kier alpha value is -1.95. The highest BCUT2D eigenvalue weighted by molar-refractivity contribution is 7.07. The van der Waals surface area contributed by atoms with Crippen LogP contribution in [0.25, 0.3) is 0 Å². The van der Waals surface area contributed by atoms with E-state index in [4.69, 9.17) is 0 Å². The smallest absolute Gasteiger partial charge is 0.273 e. The second-order valence-corrected chi connectivity index (χ2v) is 7.28. The number of thiazole rings is 1. The summed E-state index contributed by atoms with van der Waals surface area (Å²) in [4.78, 5) is 25.5. The molecule has 0 aromatic carbocycles. The quantitative estimate of drug-likeness (QED) is 0.850. The van der Waals surface area contributed by atoms with Crippen molar-refractivity contribution in [3.05, 3.63) is 41.0 Å². The first-order chi connectivity index (χ1) is 11.3. The molecule has 2 aromatic rings. The van der Waals surface area contributed by atoms with E-state index in [1.807, 2.05) is 28.6 Å². The van der Waals surface area contributed by atoms with Gasteiger partial charge >= 0.3 is 0 Å². The predicted octanol–water partition coefficient (Wildman–Crippen LogP) is 2.67. The van der Waals surface area contributed by atoms with Crippen LogP contribution in [0.2, 0.25) is 0 Å². The Morgan fingerprint density at radius 3 is 2.91 bits per heavy atom.